The number of hydrogen-bond donors (Lipinski definition) is 0. The fourth-order valence-electron chi connectivity index (χ4n) is 4.45. The molecule has 0 radical (unpaired) electrons. The molecule has 148 valence electrons. The maximum absolute atomic E-state index is 13.6. The Morgan fingerprint density at radius 2 is 2.14 bits per heavy atom. The molecule has 0 saturated carbocycles. The molecule has 10 heteroatoms. The molecule has 1 spiro atoms. The second kappa shape index (κ2) is 6.57. The summed E-state index contributed by atoms with van der Waals surface area (Å²) in [6.07, 6.45) is 5.91. The van der Waals surface area contributed by atoms with Gasteiger partial charge < -0.3 is 14.4 Å². The van der Waals surface area contributed by atoms with Gasteiger partial charge in [0.2, 0.25) is 5.95 Å². The van der Waals surface area contributed by atoms with Crippen molar-refractivity contribution in [2.75, 3.05) is 24.5 Å². The minimum absolute atomic E-state index is 0.176. The van der Waals surface area contributed by atoms with E-state index in [9.17, 15) is 9.18 Å². The van der Waals surface area contributed by atoms with Crippen LogP contribution >= 0.6 is 0 Å². The van der Waals surface area contributed by atoms with Gasteiger partial charge in [0, 0.05) is 51.1 Å². The lowest BCUT2D eigenvalue weighted by Gasteiger charge is -2.43. The van der Waals surface area contributed by atoms with Crippen LogP contribution in [0.3, 0.4) is 0 Å². The molecule has 5 heterocycles. The first-order valence-electron chi connectivity index (χ1n) is 9.41. The van der Waals surface area contributed by atoms with Crippen LogP contribution in [0.2, 0.25) is 0 Å². The number of halogens is 1. The number of aryl methyl sites for hydroxylation is 1. The van der Waals surface area contributed by atoms with Gasteiger partial charge in [-0.3, -0.25) is 4.79 Å². The molecule has 3 aromatic heterocycles. The molecule has 3 aromatic rings. The van der Waals surface area contributed by atoms with E-state index in [1.165, 1.54) is 12.4 Å². The van der Waals surface area contributed by atoms with Crippen LogP contribution in [0.1, 0.15) is 28.3 Å². The predicted octanol–water partition coefficient (Wildman–Crippen LogP) is 0.943. The summed E-state index contributed by atoms with van der Waals surface area (Å²) in [5.74, 6) is -0.250. The third-order valence-corrected chi connectivity index (χ3v) is 5.82. The van der Waals surface area contributed by atoms with Gasteiger partial charge in [0.05, 0.1) is 12.0 Å². The second-order valence-corrected chi connectivity index (χ2v) is 7.37. The molecule has 1 atom stereocenters. The fourth-order valence-corrected chi connectivity index (χ4v) is 4.45. The number of rotatable bonds is 2. The Balaban J connectivity index is 1.57. The van der Waals surface area contributed by atoms with Crippen molar-refractivity contribution in [3.63, 3.8) is 0 Å². The first-order chi connectivity index (χ1) is 14.1. The van der Waals surface area contributed by atoms with Gasteiger partial charge in [-0.05, 0) is 18.6 Å². The highest BCUT2D eigenvalue weighted by atomic mass is 19.1. The largest absolute Gasteiger partial charge is 0.354 e. The van der Waals surface area contributed by atoms with Gasteiger partial charge in [0.15, 0.2) is 5.69 Å². The number of aromatic nitrogens is 6. The van der Waals surface area contributed by atoms with Crippen LogP contribution in [0.15, 0.2) is 37.1 Å². The summed E-state index contributed by atoms with van der Waals surface area (Å²) in [5.41, 5.74) is 1.67. The van der Waals surface area contributed by atoms with E-state index in [4.69, 9.17) is 0 Å². The number of fused-ring (bicyclic) bond motifs is 2. The number of imidazole rings is 1. The molecule has 5 rings (SSSR count). The summed E-state index contributed by atoms with van der Waals surface area (Å²) < 4.78 is 15.7. The summed E-state index contributed by atoms with van der Waals surface area (Å²) in [4.78, 5) is 29.6. The number of hydrogen-bond acceptors (Lipinski definition) is 7. The van der Waals surface area contributed by atoms with Crippen molar-refractivity contribution in [2.45, 2.75) is 18.4 Å². The third kappa shape index (κ3) is 2.74. The molecule has 1 saturated heterocycles. The van der Waals surface area contributed by atoms with Crippen LogP contribution < -0.4 is 4.90 Å². The van der Waals surface area contributed by atoms with E-state index in [0.29, 0.717) is 44.0 Å². The van der Waals surface area contributed by atoms with E-state index in [0.717, 1.165) is 11.4 Å². The number of anilines is 1. The van der Waals surface area contributed by atoms with E-state index in [-0.39, 0.29) is 5.91 Å². The maximum atomic E-state index is 13.6. The lowest BCUT2D eigenvalue weighted by atomic mass is 9.85. The molecule has 2 aliphatic rings. The second-order valence-electron chi connectivity index (χ2n) is 7.37. The third-order valence-electron chi connectivity index (χ3n) is 5.82. The Hall–Kier alpha value is -3.43. The smallest absolute Gasteiger partial charge is 0.275 e. The van der Waals surface area contributed by atoms with E-state index >= 15 is 0 Å². The number of nitrogens with zero attached hydrogens (tertiary/aromatic N) is 8. The minimum Gasteiger partial charge on any atom is -0.354 e. The molecule has 9 nitrogen and oxygen atoms in total. The van der Waals surface area contributed by atoms with Crippen molar-refractivity contribution in [1.29, 1.82) is 0 Å². The van der Waals surface area contributed by atoms with Gasteiger partial charge in [-0.25, -0.2) is 15.0 Å². The van der Waals surface area contributed by atoms with Gasteiger partial charge in [-0.15, -0.1) is 5.10 Å². The van der Waals surface area contributed by atoms with Crippen LogP contribution in [0.4, 0.5) is 10.2 Å². The Kier molecular flexibility index (Phi) is 4.00. The van der Waals surface area contributed by atoms with Crippen molar-refractivity contribution >= 4 is 11.7 Å². The lowest BCUT2D eigenvalue weighted by Crippen LogP contribution is -2.55. The molecule has 29 heavy (non-hydrogen) atoms. The van der Waals surface area contributed by atoms with Gasteiger partial charge in [0.25, 0.3) is 5.91 Å². The highest BCUT2D eigenvalue weighted by Gasteiger charge is 2.52. The van der Waals surface area contributed by atoms with Gasteiger partial charge in [0.1, 0.15) is 17.7 Å². The highest BCUT2D eigenvalue weighted by Crippen LogP contribution is 2.43. The Morgan fingerprint density at radius 3 is 2.93 bits per heavy atom. The first kappa shape index (κ1) is 17.7. The number of amides is 1. The van der Waals surface area contributed by atoms with Gasteiger partial charge in [-0.2, -0.15) is 9.49 Å². The highest BCUT2D eigenvalue weighted by molar-refractivity contribution is 5.93. The molecular weight excluding hydrogens is 375 g/mol. The van der Waals surface area contributed by atoms with Crippen LogP contribution in [0.25, 0.3) is 0 Å². The Morgan fingerprint density at radius 1 is 1.24 bits per heavy atom. The van der Waals surface area contributed by atoms with Crippen molar-refractivity contribution < 1.29 is 9.18 Å². The summed E-state index contributed by atoms with van der Waals surface area (Å²) in [6.45, 7) is 1.64. The zero-order chi connectivity index (χ0) is 20.0. The van der Waals surface area contributed by atoms with Crippen LogP contribution in [0.5, 0.6) is 0 Å². The van der Waals surface area contributed by atoms with Crippen molar-refractivity contribution in [3.05, 3.63) is 60.1 Å². The molecule has 0 bridgehead atoms. The predicted molar refractivity (Wildman–Crippen MR) is 100 cm³/mol. The molecule has 0 N–H and O–H groups in total. The topological polar surface area (TPSA) is 92.9 Å². The average Bonchev–Trinajstić information content (AvgIpc) is 3.34. The van der Waals surface area contributed by atoms with Crippen molar-refractivity contribution in [3.8, 4) is 0 Å². The van der Waals surface area contributed by atoms with E-state index in [2.05, 4.69) is 25.1 Å². The van der Waals surface area contributed by atoms with Gasteiger partial charge in [-0.1, -0.05) is 0 Å². The van der Waals surface area contributed by atoms with E-state index in [1.54, 1.807) is 24.7 Å². The fraction of sp³-hybridized carbons (Fsp3) is 0.368. The molecule has 2 aliphatic heterocycles. The zero-order valence-electron chi connectivity index (χ0n) is 15.9. The molecular formula is C19H19FN8O. The normalized spacial score (nSPS) is 20.9. The Labute approximate surface area is 166 Å². The molecule has 0 aromatic carbocycles. The Bertz CT molecular complexity index is 1070. The lowest BCUT2D eigenvalue weighted by molar-refractivity contribution is 0.0451. The average molecular weight is 394 g/mol. The molecule has 0 aliphatic carbocycles. The van der Waals surface area contributed by atoms with E-state index < -0.39 is 11.5 Å². The summed E-state index contributed by atoms with van der Waals surface area (Å²) >= 11 is 0. The summed E-state index contributed by atoms with van der Waals surface area (Å²) in [7, 11) is 1.96. The van der Waals surface area contributed by atoms with Crippen molar-refractivity contribution in [1.82, 2.24) is 34.6 Å². The summed E-state index contributed by atoms with van der Waals surface area (Å²) in [5, 5.41) is 7.86. The van der Waals surface area contributed by atoms with Crippen LogP contribution in [0, 0.1) is 5.95 Å². The van der Waals surface area contributed by atoms with Crippen molar-refractivity contribution in [2.24, 2.45) is 7.05 Å². The van der Waals surface area contributed by atoms with Gasteiger partial charge >= 0.3 is 0 Å². The first-order valence-corrected chi connectivity index (χ1v) is 9.41. The monoisotopic (exact) mass is 394 g/mol. The van der Waals surface area contributed by atoms with E-state index in [1.807, 2.05) is 21.4 Å². The molecule has 1 fully saturated rings. The molecule has 1 amide bonds. The van der Waals surface area contributed by atoms with Crippen LogP contribution in [-0.4, -0.2) is 60.2 Å². The SMILES string of the molecule is Cn1cnc2c1CCN(C(=O)c1cccnn1)C21CCN(c2cc(F)ncn2)C1. The van der Waals surface area contributed by atoms with Crippen LogP contribution in [-0.2, 0) is 19.0 Å². The maximum Gasteiger partial charge on any atom is 0.275 e. The standard InChI is InChI=1S/C19H19FN8O/c1-26-12-23-17-14(26)4-7-28(18(29)13-3-2-6-24-25-13)19(17)5-8-27(10-19)16-9-15(20)21-11-22-16/h2-3,6,9,11-12H,4-5,7-8,10H2,1H3. The number of carbonyl (C=O) groups is 1. The quantitative estimate of drug-likeness (QED) is 0.597. The zero-order valence-corrected chi connectivity index (χ0v) is 15.9. The molecule has 1 unspecified atom stereocenters. The number of carbonyl (C=O) groups excluding carboxylic acids is 1. The minimum atomic E-state index is -0.634. The summed E-state index contributed by atoms with van der Waals surface area (Å²) in [6, 6.07) is 4.69.